The zero-order valence-corrected chi connectivity index (χ0v) is 30.4. The molecule has 2 heterocycles. The molecule has 3 N–H and O–H groups in total. The van der Waals surface area contributed by atoms with Crippen LogP contribution in [0, 0.1) is 33.3 Å². The first kappa shape index (κ1) is 38.5. The Kier molecular flexibility index (Phi) is 12.7. The Morgan fingerprint density at radius 2 is 1.67 bits per heavy atom. The molecule has 1 saturated carbocycles. The van der Waals surface area contributed by atoms with Gasteiger partial charge < -0.3 is 15.9 Å². The van der Waals surface area contributed by atoms with Gasteiger partial charge in [0, 0.05) is 37.7 Å². The largest absolute Gasteiger partial charge is 0.370 e. The van der Waals surface area contributed by atoms with E-state index in [1.165, 1.54) is 0 Å². The summed E-state index contributed by atoms with van der Waals surface area (Å²) in [5.74, 6) is -2.15. The molecule has 6 atom stereocenters. The molecule has 3 unspecified atom stereocenters. The average molecular weight is 714 g/mol. The number of hydrogen-bond acceptors (Lipinski definition) is 9. The van der Waals surface area contributed by atoms with Crippen LogP contribution in [0.2, 0.25) is 0 Å². The predicted octanol–water partition coefficient (Wildman–Crippen LogP) is 5.49. The maximum Gasteiger partial charge on any atom is 0.294 e. The first-order chi connectivity index (χ1) is 24.8. The number of Topliss-reactive ketones (excluding diaryl/α,β-unsaturated/α-hetero) is 2. The summed E-state index contributed by atoms with van der Waals surface area (Å²) >= 11 is 0. The SMILES string of the molecule is CC(C)(C)CC(=O)C1C[C@@H]2CCCC[C@@H]2CN1CC(O[N+](=O)[O-])[C@H](Cc1ccccc1)NC(=O)C(CC(N)=O)CC(=O)c1ccc2ccccc2n1. The number of rotatable bonds is 16. The van der Waals surface area contributed by atoms with Gasteiger partial charge in [0.15, 0.2) is 5.78 Å². The van der Waals surface area contributed by atoms with Gasteiger partial charge in [0.25, 0.3) is 5.09 Å². The van der Waals surface area contributed by atoms with Crippen LogP contribution in [-0.2, 0) is 25.6 Å². The summed E-state index contributed by atoms with van der Waals surface area (Å²) in [6.07, 6.45) is 3.61. The van der Waals surface area contributed by atoms with Gasteiger partial charge >= 0.3 is 0 Å². The van der Waals surface area contributed by atoms with Gasteiger partial charge in [-0.25, -0.2) is 4.98 Å². The maximum absolute atomic E-state index is 14.1. The van der Waals surface area contributed by atoms with Crippen LogP contribution in [0.4, 0.5) is 0 Å². The highest BCUT2D eigenvalue weighted by molar-refractivity contribution is 5.99. The summed E-state index contributed by atoms with van der Waals surface area (Å²) in [4.78, 5) is 77.6. The number of ketones is 2. The normalized spacial score (nSPS) is 20.9. The van der Waals surface area contributed by atoms with E-state index in [0.29, 0.717) is 36.7 Å². The highest BCUT2D eigenvalue weighted by Crippen LogP contribution is 2.40. The second kappa shape index (κ2) is 17.2. The molecule has 12 heteroatoms. The quantitative estimate of drug-likeness (QED) is 0.111. The minimum Gasteiger partial charge on any atom is -0.370 e. The van der Waals surface area contributed by atoms with Crippen LogP contribution in [0.25, 0.3) is 10.9 Å². The summed E-state index contributed by atoms with van der Waals surface area (Å²) in [7, 11) is 0. The molecule has 0 spiro atoms. The number of pyridine rings is 1. The number of likely N-dealkylation sites (tertiary alicyclic amines) is 1. The van der Waals surface area contributed by atoms with Crippen LogP contribution in [0.15, 0.2) is 66.7 Å². The first-order valence-electron chi connectivity index (χ1n) is 18.3. The van der Waals surface area contributed by atoms with E-state index in [0.717, 1.165) is 36.6 Å². The zero-order valence-electron chi connectivity index (χ0n) is 30.4. The van der Waals surface area contributed by atoms with Gasteiger partial charge in [0.1, 0.15) is 17.6 Å². The molecule has 5 rings (SSSR count). The molecular formula is C40H51N5O7. The molecule has 278 valence electrons. The molecule has 1 aliphatic heterocycles. The average Bonchev–Trinajstić information content (AvgIpc) is 3.09. The lowest BCUT2D eigenvalue weighted by atomic mass is 9.71. The molecule has 2 aliphatic rings. The Labute approximate surface area is 305 Å². The van der Waals surface area contributed by atoms with E-state index in [-0.39, 0.29) is 36.3 Å². The number of primary amides is 1. The Morgan fingerprint density at radius 1 is 0.981 bits per heavy atom. The van der Waals surface area contributed by atoms with Crippen LogP contribution >= 0.6 is 0 Å². The topological polar surface area (TPSA) is 175 Å². The third-order valence-corrected chi connectivity index (χ3v) is 10.4. The van der Waals surface area contributed by atoms with Crippen LogP contribution in [-0.4, -0.2) is 69.6 Å². The molecule has 0 bridgehead atoms. The van der Waals surface area contributed by atoms with Crippen molar-refractivity contribution in [2.45, 2.75) is 96.7 Å². The lowest BCUT2D eigenvalue weighted by molar-refractivity contribution is -0.769. The Hall–Kier alpha value is -4.71. The fraction of sp³-hybridized carbons (Fsp3) is 0.525. The van der Waals surface area contributed by atoms with Crippen LogP contribution < -0.4 is 11.1 Å². The van der Waals surface area contributed by atoms with Gasteiger partial charge in [-0.05, 0) is 54.2 Å². The van der Waals surface area contributed by atoms with Gasteiger partial charge in [-0.1, -0.05) is 94.6 Å². The number of hydrogen-bond donors (Lipinski definition) is 2. The molecule has 2 amide bonds. The molecule has 3 aromatic rings. The smallest absolute Gasteiger partial charge is 0.294 e. The monoisotopic (exact) mass is 713 g/mol. The number of piperidine rings is 1. The maximum atomic E-state index is 14.1. The van der Waals surface area contributed by atoms with Gasteiger partial charge in [0.2, 0.25) is 11.8 Å². The molecule has 1 aliphatic carbocycles. The van der Waals surface area contributed by atoms with Crippen molar-refractivity contribution >= 4 is 34.3 Å². The van der Waals surface area contributed by atoms with Crippen molar-refractivity contribution in [2.75, 3.05) is 13.1 Å². The van der Waals surface area contributed by atoms with Crippen LogP contribution in [0.1, 0.15) is 88.2 Å². The van der Waals surface area contributed by atoms with E-state index in [1.807, 2.05) is 74.2 Å². The number of nitrogens with zero attached hydrogens (tertiary/aromatic N) is 3. The number of carbonyl (C=O) groups excluding carboxylic acids is 4. The molecule has 1 aromatic heterocycles. The third-order valence-electron chi connectivity index (χ3n) is 10.4. The number of aromatic nitrogens is 1. The second-order valence-corrected chi connectivity index (χ2v) is 15.8. The number of fused-ring (bicyclic) bond motifs is 2. The van der Waals surface area contributed by atoms with Crippen molar-refractivity contribution in [3.63, 3.8) is 0 Å². The van der Waals surface area contributed by atoms with Crippen molar-refractivity contribution in [1.29, 1.82) is 0 Å². The predicted molar refractivity (Wildman–Crippen MR) is 196 cm³/mol. The molecule has 2 aromatic carbocycles. The minimum atomic E-state index is -1.17. The highest BCUT2D eigenvalue weighted by Gasteiger charge is 2.43. The molecule has 1 saturated heterocycles. The van der Waals surface area contributed by atoms with Crippen molar-refractivity contribution in [1.82, 2.24) is 15.2 Å². The number of amides is 2. The van der Waals surface area contributed by atoms with Crippen LogP contribution in [0.5, 0.6) is 0 Å². The summed E-state index contributed by atoms with van der Waals surface area (Å²) in [6, 6.07) is 18.5. The van der Waals surface area contributed by atoms with Crippen molar-refractivity contribution in [3.05, 3.63) is 88.1 Å². The fourth-order valence-electron chi connectivity index (χ4n) is 7.95. The summed E-state index contributed by atoms with van der Waals surface area (Å²) in [5.41, 5.74) is 6.88. The first-order valence-corrected chi connectivity index (χ1v) is 18.3. The van der Waals surface area contributed by atoms with E-state index in [4.69, 9.17) is 10.6 Å². The van der Waals surface area contributed by atoms with Crippen LogP contribution in [0.3, 0.4) is 0 Å². The van der Waals surface area contributed by atoms with Gasteiger partial charge in [0.05, 0.1) is 23.5 Å². The molecule has 0 radical (unpaired) electrons. The minimum absolute atomic E-state index is 0.0307. The standard InChI is InChI=1S/C40H51N5O7/c1-40(2,3)23-36(47)34-20-28-14-7-8-15-29(28)24-44(34)25-37(52-45(50)51)33(19-26-11-5-4-6-12-26)43-39(49)30(22-38(41)48)21-35(46)32-18-17-27-13-9-10-16-31(27)42-32/h4-6,9-13,16-18,28-30,33-34,37H,7-8,14-15,19-25H2,1-3H3,(H2,41,48)(H,43,49)/t28-,29+,30?,33-,34?,37?/m0/s1. The molecule has 12 nitrogen and oxygen atoms in total. The molecule has 2 fully saturated rings. The summed E-state index contributed by atoms with van der Waals surface area (Å²) < 4.78 is 0. The molecule has 52 heavy (non-hydrogen) atoms. The van der Waals surface area contributed by atoms with Crippen molar-refractivity contribution < 1.29 is 29.1 Å². The Morgan fingerprint density at radius 3 is 2.37 bits per heavy atom. The molecular weight excluding hydrogens is 662 g/mol. The van der Waals surface area contributed by atoms with E-state index in [9.17, 15) is 29.3 Å². The Bertz CT molecular complexity index is 1740. The van der Waals surface area contributed by atoms with E-state index in [1.54, 1.807) is 18.2 Å². The number of para-hydroxylation sites is 1. The third kappa shape index (κ3) is 10.7. The van der Waals surface area contributed by atoms with Crippen molar-refractivity contribution in [3.8, 4) is 0 Å². The zero-order chi connectivity index (χ0) is 37.4. The number of benzene rings is 2. The highest BCUT2D eigenvalue weighted by atomic mass is 17.0. The van der Waals surface area contributed by atoms with Gasteiger partial charge in [-0.15, -0.1) is 10.1 Å². The lowest BCUT2D eigenvalue weighted by Crippen LogP contribution is -2.58. The van der Waals surface area contributed by atoms with Gasteiger partial charge in [-0.2, -0.15) is 0 Å². The van der Waals surface area contributed by atoms with Gasteiger partial charge in [-0.3, -0.25) is 24.1 Å². The van der Waals surface area contributed by atoms with E-state index < -0.39 is 53.2 Å². The van der Waals surface area contributed by atoms with Crippen molar-refractivity contribution in [2.24, 2.45) is 28.9 Å². The summed E-state index contributed by atoms with van der Waals surface area (Å²) in [5, 5.41) is 15.0. The van der Waals surface area contributed by atoms with E-state index in [2.05, 4.69) is 10.3 Å². The Balaban J connectivity index is 1.43. The fourth-order valence-corrected chi connectivity index (χ4v) is 7.95. The van der Waals surface area contributed by atoms with E-state index >= 15 is 0 Å². The second-order valence-electron chi connectivity index (χ2n) is 15.8. The number of nitrogens with two attached hydrogens (primary N) is 1. The summed E-state index contributed by atoms with van der Waals surface area (Å²) in [6.45, 7) is 6.70. The number of carbonyl (C=O) groups is 4. The number of nitrogens with one attached hydrogen (secondary N) is 1. The lowest BCUT2D eigenvalue weighted by Gasteiger charge is -2.47.